The van der Waals surface area contributed by atoms with Gasteiger partial charge in [-0.15, -0.1) is 0 Å². The number of aliphatic hydroxyl groups excluding tert-OH is 1. The lowest BCUT2D eigenvalue weighted by Crippen LogP contribution is -2.37. The molecule has 2 saturated heterocycles. The summed E-state index contributed by atoms with van der Waals surface area (Å²) in [7, 11) is -3.73. The van der Waals surface area contributed by atoms with Crippen molar-refractivity contribution in [3.8, 4) is 0 Å². The number of piperidine rings is 2. The van der Waals surface area contributed by atoms with Crippen molar-refractivity contribution in [3.05, 3.63) is 30.1 Å². The third-order valence-corrected chi connectivity index (χ3v) is 10.3. The van der Waals surface area contributed by atoms with Gasteiger partial charge < -0.3 is 20.6 Å². The molecule has 38 heavy (non-hydrogen) atoms. The number of carbonyl (C=O) groups is 1. The smallest absolute Gasteiger partial charge is 0.279 e. The highest BCUT2D eigenvalue weighted by Crippen LogP contribution is 2.54. The quantitative estimate of drug-likeness (QED) is 0.460. The molecule has 6 rings (SSSR count). The molecule has 2 aromatic heterocycles. The van der Waals surface area contributed by atoms with Crippen molar-refractivity contribution >= 4 is 33.4 Å². The van der Waals surface area contributed by atoms with Gasteiger partial charge in [0, 0.05) is 26.2 Å². The standard InChI is InChI=1S/C26H35N7O4S/c34-18-26(9-10-26)31-20-17-27-22(23(29-20)32-15-11-25(7-8-25)12-16-32)24(35)30-19-5-4-6-21(28-19)38(36,37)33-13-2-1-3-14-33/h4-6,17,34H,1-3,7-16,18H2,(H,29,31)(H,28,30,35). The van der Waals surface area contributed by atoms with Crippen molar-refractivity contribution in [1.29, 1.82) is 0 Å². The van der Waals surface area contributed by atoms with E-state index < -0.39 is 15.9 Å². The summed E-state index contributed by atoms with van der Waals surface area (Å²) in [6.07, 6.45) is 10.6. The molecule has 2 aliphatic heterocycles. The van der Waals surface area contributed by atoms with Crippen molar-refractivity contribution in [3.63, 3.8) is 0 Å². The summed E-state index contributed by atoms with van der Waals surface area (Å²) in [6.45, 7) is 2.57. The van der Waals surface area contributed by atoms with E-state index in [2.05, 4.69) is 25.5 Å². The summed E-state index contributed by atoms with van der Waals surface area (Å²) in [6, 6.07) is 4.62. The van der Waals surface area contributed by atoms with Crippen LogP contribution in [0.3, 0.4) is 0 Å². The summed E-state index contributed by atoms with van der Waals surface area (Å²) in [5.74, 6) is 0.682. The van der Waals surface area contributed by atoms with Gasteiger partial charge in [-0.05, 0) is 68.9 Å². The molecule has 0 radical (unpaired) electrons. The first-order valence-electron chi connectivity index (χ1n) is 13.6. The second kappa shape index (κ2) is 9.73. The maximum absolute atomic E-state index is 13.4. The lowest BCUT2D eigenvalue weighted by atomic mass is 9.93. The molecule has 4 aliphatic rings. The Balaban J connectivity index is 1.24. The van der Waals surface area contributed by atoms with Gasteiger partial charge in [0.15, 0.2) is 16.5 Å². The SMILES string of the molecule is O=C(Nc1cccc(S(=O)(=O)N2CCCCC2)n1)c1ncc(NC2(CO)CC2)nc1N1CCC2(CC1)CC2. The minimum atomic E-state index is -3.73. The predicted octanol–water partition coefficient (Wildman–Crippen LogP) is 2.62. The Morgan fingerprint density at radius 2 is 1.68 bits per heavy atom. The first-order valence-corrected chi connectivity index (χ1v) is 15.1. The van der Waals surface area contributed by atoms with Crippen molar-refractivity contribution in [2.24, 2.45) is 5.41 Å². The molecule has 4 heterocycles. The first kappa shape index (κ1) is 25.4. The van der Waals surface area contributed by atoms with E-state index in [1.165, 1.54) is 29.4 Å². The monoisotopic (exact) mass is 541 g/mol. The first-order chi connectivity index (χ1) is 18.3. The number of carbonyl (C=O) groups excluding carboxylic acids is 1. The Bertz CT molecular complexity index is 1310. The van der Waals surface area contributed by atoms with Crippen LogP contribution in [0.1, 0.15) is 68.3 Å². The fourth-order valence-corrected chi connectivity index (χ4v) is 6.94. The molecule has 0 unspecified atom stereocenters. The van der Waals surface area contributed by atoms with Gasteiger partial charge >= 0.3 is 0 Å². The molecule has 0 atom stereocenters. The zero-order valence-corrected chi connectivity index (χ0v) is 22.3. The van der Waals surface area contributed by atoms with E-state index in [9.17, 15) is 18.3 Å². The summed E-state index contributed by atoms with van der Waals surface area (Å²) in [5, 5.41) is 15.7. The van der Waals surface area contributed by atoms with E-state index >= 15 is 0 Å². The largest absolute Gasteiger partial charge is 0.394 e. The molecule has 3 N–H and O–H groups in total. The molecule has 1 amide bonds. The van der Waals surface area contributed by atoms with Crippen LogP contribution in [0.4, 0.5) is 17.5 Å². The minimum absolute atomic E-state index is 0.0147. The maximum atomic E-state index is 13.4. The summed E-state index contributed by atoms with van der Waals surface area (Å²) in [5.41, 5.74) is 0.267. The zero-order chi connectivity index (χ0) is 26.4. The van der Waals surface area contributed by atoms with E-state index in [1.807, 2.05) is 0 Å². The number of aliphatic hydroxyl groups is 1. The molecule has 2 aliphatic carbocycles. The molecule has 4 fully saturated rings. The Morgan fingerprint density at radius 3 is 2.34 bits per heavy atom. The van der Waals surface area contributed by atoms with Crippen LogP contribution in [0.5, 0.6) is 0 Å². The molecule has 0 aromatic carbocycles. The number of aromatic nitrogens is 3. The average Bonchev–Trinajstić information content (AvgIpc) is 3.88. The fourth-order valence-electron chi connectivity index (χ4n) is 5.48. The summed E-state index contributed by atoms with van der Waals surface area (Å²) >= 11 is 0. The second-order valence-corrected chi connectivity index (χ2v) is 13.1. The van der Waals surface area contributed by atoms with Gasteiger partial charge in [0.25, 0.3) is 15.9 Å². The molecule has 11 nitrogen and oxygen atoms in total. The third kappa shape index (κ3) is 5.08. The Hall–Kier alpha value is -2.83. The number of nitrogens with one attached hydrogen (secondary N) is 2. The van der Waals surface area contributed by atoms with Gasteiger partial charge in [0.2, 0.25) is 0 Å². The van der Waals surface area contributed by atoms with Gasteiger partial charge in [0.05, 0.1) is 18.3 Å². The normalized spacial score (nSPS) is 22.2. The molecular formula is C26H35N7O4S. The van der Waals surface area contributed by atoms with Crippen LogP contribution in [-0.2, 0) is 10.0 Å². The van der Waals surface area contributed by atoms with Crippen molar-refractivity contribution in [1.82, 2.24) is 19.3 Å². The van der Waals surface area contributed by atoms with Crippen molar-refractivity contribution in [2.75, 3.05) is 48.3 Å². The number of hydrogen-bond acceptors (Lipinski definition) is 9. The van der Waals surface area contributed by atoms with E-state index in [0.29, 0.717) is 30.1 Å². The van der Waals surface area contributed by atoms with Gasteiger partial charge in [-0.3, -0.25) is 4.79 Å². The fraction of sp³-hybridized carbons (Fsp3) is 0.615. The van der Waals surface area contributed by atoms with Crippen molar-refractivity contribution in [2.45, 2.75) is 68.4 Å². The molecule has 2 saturated carbocycles. The maximum Gasteiger partial charge on any atom is 0.279 e. The third-order valence-electron chi connectivity index (χ3n) is 8.48. The predicted molar refractivity (Wildman–Crippen MR) is 143 cm³/mol. The Labute approximate surface area is 223 Å². The zero-order valence-electron chi connectivity index (χ0n) is 21.5. The highest BCUT2D eigenvalue weighted by atomic mass is 32.2. The molecule has 1 spiro atoms. The second-order valence-electron chi connectivity index (χ2n) is 11.3. The van der Waals surface area contributed by atoms with Gasteiger partial charge in [-0.1, -0.05) is 12.5 Å². The Kier molecular flexibility index (Phi) is 6.51. The van der Waals surface area contributed by atoms with E-state index in [1.54, 1.807) is 12.1 Å². The van der Waals surface area contributed by atoms with Crippen molar-refractivity contribution < 1.29 is 18.3 Å². The average molecular weight is 542 g/mol. The molecule has 0 bridgehead atoms. The Morgan fingerprint density at radius 1 is 0.947 bits per heavy atom. The van der Waals surface area contributed by atoms with Crippen LogP contribution in [-0.4, -0.2) is 77.0 Å². The lowest BCUT2D eigenvalue weighted by molar-refractivity contribution is 0.102. The molecular weight excluding hydrogens is 506 g/mol. The number of anilines is 3. The topological polar surface area (TPSA) is 141 Å². The van der Waals surface area contributed by atoms with E-state index in [-0.39, 0.29) is 28.7 Å². The van der Waals surface area contributed by atoms with Gasteiger partial charge in [-0.25, -0.2) is 23.4 Å². The van der Waals surface area contributed by atoms with Gasteiger partial charge in [-0.2, -0.15) is 4.31 Å². The van der Waals surface area contributed by atoms with Crippen LogP contribution < -0.4 is 15.5 Å². The highest BCUT2D eigenvalue weighted by Gasteiger charge is 2.45. The number of pyridine rings is 1. The number of amides is 1. The lowest BCUT2D eigenvalue weighted by Gasteiger charge is -2.33. The van der Waals surface area contributed by atoms with Crippen LogP contribution in [0.2, 0.25) is 0 Å². The highest BCUT2D eigenvalue weighted by molar-refractivity contribution is 7.89. The summed E-state index contributed by atoms with van der Waals surface area (Å²) in [4.78, 5) is 29.1. The van der Waals surface area contributed by atoms with Gasteiger partial charge in [0.1, 0.15) is 11.6 Å². The minimum Gasteiger partial charge on any atom is -0.394 e. The number of hydrogen-bond donors (Lipinski definition) is 3. The number of rotatable bonds is 8. The van der Waals surface area contributed by atoms with Crippen LogP contribution >= 0.6 is 0 Å². The van der Waals surface area contributed by atoms with Crippen LogP contribution in [0.15, 0.2) is 29.4 Å². The number of sulfonamides is 1. The molecule has 204 valence electrons. The summed E-state index contributed by atoms with van der Waals surface area (Å²) < 4.78 is 27.6. The van der Waals surface area contributed by atoms with E-state index in [4.69, 9.17) is 4.98 Å². The molecule has 12 heteroatoms. The number of nitrogens with zero attached hydrogens (tertiary/aromatic N) is 5. The van der Waals surface area contributed by atoms with Crippen LogP contribution in [0, 0.1) is 5.41 Å². The van der Waals surface area contributed by atoms with Crippen LogP contribution in [0.25, 0.3) is 0 Å². The molecule has 2 aromatic rings. The van der Waals surface area contributed by atoms with E-state index in [0.717, 1.165) is 58.0 Å².